The molecule has 2 aromatic carbocycles. The monoisotopic (exact) mass is 506 g/mol. The van der Waals surface area contributed by atoms with Crippen LogP contribution in [0.2, 0.25) is 0 Å². The normalized spacial score (nSPS) is 19.8. The third-order valence-electron chi connectivity index (χ3n) is 7.26. The summed E-state index contributed by atoms with van der Waals surface area (Å²) in [4.78, 5) is 17.1. The molecule has 8 heteroatoms. The molecule has 8 nitrogen and oxygen atoms in total. The number of rotatable bonds is 10. The lowest BCUT2D eigenvalue weighted by Gasteiger charge is -2.41. The third kappa shape index (κ3) is 6.47. The Morgan fingerprint density at radius 1 is 1.05 bits per heavy atom. The number of amides is 2. The lowest BCUT2D eigenvalue weighted by Crippen LogP contribution is -2.58. The van der Waals surface area contributed by atoms with E-state index in [1.54, 1.807) is 14.2 Å². The van der Waals surface area contributed by atoms with E-state index < -0.39 is 0 Å². The van der Waals surface area contributed by atoms with Crippen molar-refractivity contribution in [1.29, 1.82) is 5.26 Å². The number of likely N-dealkylation sites (tertiary alicyclic amines) is 1. The van der Waals surface area contributed by atoms with E-state index in [9.17, 15) is 10.1 Å². The lowest BCUT2D eigenvalue weighted by molar-refractivity contribution is 0.0767. The standard InChI is InChI=1S/C29H38N4O4/c1-20(2)31-29(34)32-18-23-11-12-24(19-32)33(23)15-5-6-26(22-9-7-21(17-30)8-10-22)37-25-13-14-27(35-3)28(16-25)36-4/h7-10,13-14,16,20,23-24,26H,5-6,11-12,15,18-19H2,1-4H3,(H,31,34). The Morgan fingerprint density at radius 3 is 2.32 bits per heavy atom. The Hall–Kier alpha value is -3.44. The minimum atomic E-state index is -0.165. The van der Waals surface area contributed by atoms with Crippen molar-refractivity contribution in [3.8, 4) is 23.3 Å². The Balaban J connectivity index is 1.41. The molecule has 2 saturated heterocycles. The SMILES string of the molecule is COc1ccc(OC(CCCN2C3CCC2CN(C(=O)NC(C)C)C3)c2ccc(C#N)cc2)cc1OC. The second-order valence-corrected chi connectivity index (χ2v) is 10.1. The fraction of sp³-hybridized carbons (Fsp3) is 0.517. The van der Waals surface area contributed by atoms with E-state index in [1.165, 1.54) is 0 Å². The Kier molecular flexibility index (Phi) is 8.78. The predicted molar refractivity (Wildman–Crippen MR) is 142 cm³/mol. The van der Waals surface area contributed by atoms with Crippen LogP contribution in [-0.4, -0.2) is 67.8 Å². The predicted octanol–water partition coefficient (Wildman–Crippen LogP) is 4.74. The first-order chi connectivity index (χ1) is 17.9. The number of urea groups is 1. The maximum atomic E-state index is 12.5. The van der Waals surface area contributed by atoms with E-state index in [0.717, 1.165) is 50.9 Å². The fourth-order valence-corrected chi connectivity index (χ4v) is 5.44. The highest BCUT2D eigenvalue weighted by atomic mass is 16.5. The van der Waals surface area contributed by atoms with E-state index in [4.69, 9.17) is 14.2 Å². The van der Waals surface area contributed by atoms with Gasteiger partial charge in [0.15, 0.2) is 11.5 Å². The van der Waals surface area contributed by atoms with Crippen molar-refractivity contribution < 1.29 is 19.0 Å². The Morgan fingerprint density at radius 2 is 1.73 bits per heavy atom. The molecule has 0 aromatic heterocycles. The molecular weight excluding hydrogens is 468 g/mol. The van der Waals surface area contributed by atoms with E-state index in [1.807, 2.05) is 61.2 Å². The molecule has 2 aliphatic rings. The summed E-state index contributed by atoms with van der Waals surface area (Å²) < 4.78 is 17.3. The number of carbonyl (C=O) groups is 1. The summed E-state index contributed by atoms with van der Waals surface area (Å²) in [6, 6.07) is 16.4. The van der Waals surface area contributed by atoms with Crippen molar-refractivity contribution in [3.63, 3.8) is 0 Å². The number of carbonyl (C=O) groups excluding carboxylic acids is 1. The number of nitrogens with zero attached hydrogens (tertiary/aromatic N) is 3. The van der Waals surface area contributed by atoms with Gasteiger partial charge in [0.25, 0.3) is 0 Å². The van der Waals surface area contributed by atoms with Gasteiger partial charge in [0.1, 0.15) is 11.9 Å². The zero-order valence-corrected chi connectivity index (χ0v) is 22.3. The smallest absolute Gasteiger partial charge is 0.317 e. The first-order valence-electron chi connectivity index (χ1n) is 13.1. The van der Waals surface area contributed by atoms with Crippen LogP contribution in [0.5, 0.6) is 17.2 Å². The number of fused-ring (bicyclic) bond motifs is 2. The molecule has 3 atom stereocenters. The third-order valence-corrected chi connectivity index (χ3v) is 7.26. The van der Waals surface area contributed by atoms with Crippen molar-refractivity contribution >= 4 is 6.03 Å². The number of nitriles is 1. The lowest BCUT2D eigenvalue weighted by atomic mass is 10.0. The number of hydrogen-bond donors (Lipinski definition) is 1. The molecule has 0 saturated carbocycles. The van der Waals surface area contributed by atoms with Crippen LogP contribution < -0.4 is 19.5 Å². The van der Waals surface area contributed by atoms with Crippen molar-refractivity contribution in [1.82, 2.24) is 15.1 Å². The molecule has 2 aliphatic heterocycles. The molecule has 2 bridgehead atoms. The molecule has 2 amide bonds. The molecule has 1 N–H and O–H groups in total. The van der Waals surface area contributed by atoms with Gasteiger partial charge >= 0.3 is 6.03 Å². The number of benzene rings is 2. The second kappa shape index (κ2) is 12.2. The first kappa shape index (κ1) is 26.6. The van der Waals surface area contributed by atoms with Crippen LogP contribution in [0.3, 0.4) is 0 Å². The van der Waals surface area contributed by atoms with Crippen LogP contribution >= 0.6 is 0 Å². The first-order valence-corrected chi connectivity index (χ1v) is 13.1. The number of ether oxygens (including phenoxy) is 3. The molecule has 2 fully saturated rings. The molecule has 4 rings (SSSR count). The van der Waals surface area contributed by atoms with E-state index in [-0.39, 0.29) is 18.2 Å². The van der Waals surface area contributed by atoms with Gasteiger partial charge < -0.3 is 24.4 Å². The van der Waals surface area contributed by atoms with Crippen molar-refractivity contribution in [2.24, 2.45) is 0 Å². The van der Waals surface area contributed by atoms with Gasteiger partial charge in [-0.05, 0) is 75.9 Å². The maximum absolute atomic E-state index is 12.5. The summed E-state index contributed by atoms with van der Waals surface area (Å²) in [7, 11) is 3.22. The molecule has 37 heavy (non-hydrogen) atoms. The topological polar surface area (TPSA) is 87.1 Å². The average molecular weight is 507 g/mol. The maximum Gasteiger partial charge on any atom is 0.317 e. The summed E-state index contributed by atoms with van der Waals surface area (Å²) in [5.74, 6) is 1.98. The summed E-state index contributed by atoms with van der Waals surface area (Å²) in [6.45, 7) is 6.54. The van der Waals surface area contributed by atoms with Crippen LogP contribution in [-0.2, 0) is 0 Å². The second-order valence-electron chi connectivity index (χ2n) is 10.1. The van der Waals surface area contributed by atoms with Crippen molar-refractivity contribution in [2.75, 3.05) is 33.9 Å². The van der Waals surface area contributed by atoms with Crippen LogP contribution in [0.4, 0.5) is 4.79 Å². The highest BCUT2D eigenvalue weighted by Crippen LogP contribution is 2.35. The Bertz CT molecular complexity index is 1080. The van der Waals surface area contributed by atoms with Gasteiger partial charge in [-0.2, -0.15) is 5.26 Å². The molecule has 2 heterocycles. The Labute approximate surface area is 220 Å². The summed E-state index contributed by atoms with van der Waals surface area (Å²) >= 11 is 0. The van der Waals surface area contributed by atoms with E-state index in [0.29, 0.717) is 34.9 Å². The van der Waals surface area contributed by atoms with Gasteiger partial charge in [0.2, 0.25) is 0 Å². The zero-order valence-electron chi connectivity index (χ0n) is 22.3. The zero-order chi connectivity index (χ0) is 26.4. The van der Waals surface area contributed by atoms with Crippen molar-refractivity contribution in [2.45, 2.75) is 63.8 Å². The van der Waals surface area contributed by atoms with Crippen LogP contribution in [0, 0.1) is 11.3 Å². The minimum Gasteiger partial charge on any atom is -0.493 e. The molecule has 0 radical (unpaired) electrons. The quantitative estimate of drug-likeness (QED) is 0.501. The molecular formula is C29H38N4O4. The highest BCUT2D eigenvalue weighted by Gasteiger charge is 2.41. The van der Waals surface area contributed by atoms with Gasteiger partial charge in [-0.1, -0.05) is 12.1 Å². The fourth-order valence-electron chi connectivity index (χ4n) is 5.44. The van der Waals surface area contributed by atoms with Gasteiger partial charge in [-0.15, -0.1) is 0 Å². The van der Waals surface area contributed by atoms with Gasteiger partial charge in [0, 0.05) is 37.3 Å². The molecule has 3 unspecified atom stereocenters. The van der Waals surface area contributed by atoms with Gasteiger partial charge in [-0.3, -0.25) is 4.90 Å². The molecule has 198 valence electrons. The number of piperazine rings is 1. The van der Waals surface area contributed by atoms with Crippen LogP contribution in [0.1, 0.15) is 56.8 Å². The number of methoxy groups -OCH3 is 2. The number of nitrogens with one attached hydrogen (secondary N) is 1. The van der Waals surface area contributed by atoms with Crippen LogP contribution in [0.25, 0.3) is 0 Å². The van der Waals surface area contributed by atoms with E-state index >= 15 is 0 Å². The molecule has 0 aliphatic carbocycles. The largest absolute Gasteiger partial charge is 0.493 e. The average Bonchev–Trinajstić information content (AvgIpc) is 3.13. The van der Waals surface area contributed by atoms with Crippen LogP contribution in [0.15, 0.2) is 42.5 Å². The molecule has 2 aromatic rings. The van der Waals surface area contributed by atoms with E-state index in [2.05, 4.69) is 16.3 Å². The summed E-state index contributed by atoms with van der Waals surface area (Å²) in [5.41, 5.74) is 1.66. The summed E-state index contributed by atoms with van der Waals surface area (Å²) in [5, 5.41) is 12.2. The number of hydrogen-bond acceptors (Lipinski definition) is 6. The highest BCUT2D eigenvalue weighted by molar-refractivity contribution is 5.74. The summed E-state index contributed by atoms with van der Waals surface area (Å²) in [6.07, 6.45) is 3.90. The minimum absolute atomic E-state index is 0.0516. The molecule has 0 spiro atoms. The van der Waals surface area contributed by atoms with Gasteiger partial charge in [-0.25, -0.2) is 4.79 Å². The van der Waals surface area contributed by atoms with Crippen molar-refractivity contribution in [3.05, 3.63) is 53.6 Å². The van der Waals surface area contributed by atoms with Gasteiger partial charge in [0.05, 0.1) is 25.9 Å².